The first-order valence-corrected chi connectivity index (χ1v) is 7.32. The van der Waals surface area contributed by atoms with Crippen LogP contribution in [0.15, 0.2) is 30.3 Å². The lowest BCUT2D eigenvalue weighted by Gasteiger charge is -2.35. The number of likely N-dealkylation sites (tertiary alicyclic amines) is 1. The van der Waals surface area contributed by atoms with Gasteiger partial charge in [-0.25, -0.2) is 0 Å². The van der Waals surface area contributed by atoms with Crippen molar-refractivity contribution in [2.75, 3.05) is 27.2 Å². The van der Waals surface area contributed by atoms with Crippen LogP contribution >= 0.6 is 0 Å². The van der Waals surface area contributed by atoms with E-state index in [0.717, 1.165) is 31.5 Å². The number of amides is 1. The Bertz CT molecular complexity index is 425. The molecule has 1 aromatic carbocycles. The average molecular weight is 275 g/mol. The maximum absolute atomic E-state index is 12.3. The summed E-state index contributed by atoms with van der Waals surface area (Å²) in [4.78, 5) is 16.5. The number of hydrogen-bond acceptors (Lipinski definition) is 3. The van der Waals surface area contributed by atoms with E-state index in [4.69, 9.17) is 5.73 Å². The molecule has 1 aliphatic rings. The molecule has 1 aliphatic heterocycles. The van der Waals surface area contributed by atoms with Gasteiger partial charge in [-0.15, -0.1) is 0 Å². The van der Waals surface area contributed by atoms with Gasteiger partial charge in [0.25, 0.3) is 0 Å². The third-order valence-corrected chi connectivity index (χ3v) is 4.17. The quantitative estimate of drug-likeness (QED) is 0.908. The van der Waals surface area contributed by atoms with E-state index in [2.05, 4.69) is 19.0 Å². The van der Waals surface area contributed by atoms with Crippen molar-refractivity contribution >= 4 is 5.91 Å². The Morgan fingerprint density at radius 1 is 1.30 bits per heavy atom. The summed E-state index contributed by atoms with van der Waals surface area (Å²) in [7, 11) is 4.21. The highest BCUT2D eigenvalue weighted by Crippen LogP contribution is 2.18. The summed E-state index contributed by atoms with van der Waals surface area (Å²) >= 11 is 0. The third kappa shape index (κ3) is 3.81. The third-order valence-electron chi connectivity index (χ3n) is 4.17. The van der Waals surface area contributed by atoms with Crippen LogP contribution in [0.2, 0.25) is 0 Å². The Labute approximate surface area is 121 Å². The number of nitrogens with zero attached hydrogens (tertiary/aromatic N) is 2. The summed E-state index contributed by atoms with van der Waals surface area (Å²) in [5.41, 5.74) is 7.15. The molecule has 1 fully saturated rings. The van der Waals surface area contributed by atoms with Crippen LogP contribution in [-0.2, 0) is 4.79 Å². The highest BCUT2D eigenvalue weighted by Gasteiger charge is 2.24. The molecule has 1 aromatic rings. The van der Waals surface area contributed by atoms with E-state index in [-0.39, 0.29) is 11.9 Å². The van der Waals surface area contributed by atoms with Gasteiger partial charge in [0.2, 0.25) is 5.91 Å². The molecule has 20 heavy (non-hydrogen) atoms. The monoisotopic (exact) mass is 275 g/mol. The van der Waals surface area contributed by atoms with Crippen molar-refractivity contribution in [3.63, 3.8) is 0 Å². The second-order valence-corrected chi connectivity index (χ2v) is 5.80. The molecule has 1 atom stereocenters. The maximum Gasteiger partial charge on any atom is 0.224 e. The molecular formula is C16H25N3O. The van der Waals surface area contributed by atoms with Gasteiger partial charge in [0.1, 0.15) is 0 Å². The molecule has 0 bridgehead atoms. The van der Waals surface area contributed by atoms with Crippen LogP contribution in [0.3, 0.4) is 0 Å². The van der Waals surface area contributed by atoms with Crippen LogP contribution in [0.4, 0.5) is 0 Å². The first-order chi connectivity index (χ1) is 9.58. The molecule has 4 nitrogen and oxygen atoms in total. The smallest absolute Gasteiger partial charge is 0.224 e. The van der Waals surface area contributed by atoms with Crippen LogP contribution in [-0.4, -0.2) is 48.9 Å². The van der Waals surface area contributed by atoms with E-state index in [9.17, 15) is 4.79 Å². The van der Waals surface area contributed by atoms with E-state index in [1.54, 1.807) is 0 Å². The molecule has 0 aliphatic carbocycles. The number of hydrogen-bond donors (Lipinski definition) is 1. The normalized spacial score (nSPS) is 18.3. The number of carbonyl (C=O) groups is 1. The van der Waals surface area contributed by atoms with Crippen molar-refractivity contribution in [1.29, 1.82) is 0 Å². The summed E-state index contributed by atoms with van der Waals surface area (Å²) in [6, 6.07) is 10.2. The first kappa shape index (κ1) is 15.0. The molecule has 1 heterocycles. The Kier molecular flexibility index (Phi) is 5.15. The minimum absolute atomic E-state index is 0.179. The van der Waals surface area contributed by atoms with Gasteiger partial charge in [0, 0.05) is 31.6 Å². The van der Waals surface area contributed by atoms with Gasteiger partial charge in [0.15, 0.2) is 0 Å². The van der Waals surface area contributed by atoms with Crippen LogP contribution in [0.1, 0.15) is 30.9 Å². The predicted octanol–water partition coefficient (Wildman–Crippen LogP) is 1.63. The lowest BCUT2D eigenvalue weighted by molar-refractivity contribution is -0.133. The highest BCUT2D eigenvalue weighted by atomic mass is 16.2. The molecule has 0 aromatic heterocycles. The van der Waals surface area contributed by atoms with Crippen molar-refractivity contribution in [2.45, 2.75) is 31.3 Å². The maximum atomic E-state index is 12.3. The number of piperidine rings is 1. The minimum atomic E-state index is -0.199. The molecule has 2 rings (SSSR count). The van der Waals surface area contributed by atoms with Gasteiger partial charge in [-0.05, 0) is 32.5 Å². The van der Waals surface area contributed by atoms with E-state index in [0.29, 0.717) is 12.5 Å². The predicted molar refractivity (Wildman–Crippen MR) is 81.3 cm³/mol. The van der Waals surface area contributed by atoms with Crippen molar-refractivity contribution in [1.82, 2.24) is 9.80 Å². The largest absolute Gasteiger partial charge is 0.343 e. The molecule has 4 heteroatoms. The van der Waals surface area contributed by atoms with Crippen LogP contribution in [0.25, 0.3) is 0 Å². The number of nitrogens with two attached hydrogens (primary N) is 1. The second kappa shape index (κ2) is 6.86. The van der Waals surface area contributed by atoms with Crippen LogP contribution in [0, 0.1) is 0 Å². The molecule has 1 unspecified atom stereocenters. The molecule has 1 saturated heterocycles. The lowest BCUT2D eigenvalue weighted by atomic mass is 10.0. The first-order valence-electron chi connectivity index (χ1n) is 7.32. The Hall–Kier alpha value is -1.39. The van der Waals surface area contributed by atoms with Crippen molar-refractivity contribution < 1.29 is 4.79 Å². The van der Waals surface area contributed by atoms with Gasteiger partial charge in [-0.3, -0.25) is 4.79 Å². The molecule has 0 saturated carbocycles. The highest BCUT2D eigenvalue weighted by molar-refractivity contribution is 5.77. The molecular weight excluding hydrogens is 250 g/mol. The standard InChI is InChI=1S/C16H25N3O/c1-18(2)14-8-10-19(11-9-14)16(20)12-15(17)13-6-4-3-5-7-13/h3-7,14-15H,8-12,17H2,1-2H3. The summed E-state index contributed by atoms with van der Waals surface area (Å²) in [5, 5.41) is 0. The number of rotatable bonds is 4. The zero-order chi connectivity index (χ0) is 14.5. The van der Waals surface area contributed by atoms with E-state index in [1.165, 1.54) is 0 Å². The van der Waals surface area contributed by atoms with Gasteiger partial charge < -0.3 is 15.5 Å². The van der Waals surface area contributed by atoms with E-state index in [1.807, 2.05) is 35.2 Å². The van der Waals surface area contributed by atoms with E-state index >= 15 is 0 Å². The summed E-state index contributed by atoms with van der Waals surface area (Å²) < 4.78 is 0. The molecule has 110 valence electrons. The fraction of sp³-hybridized carbons (Fsp3) is 0.562. The van der Waals surface area contributed by atoms with Gasteiger partial charge >= 0.3 is 0 Å². The van der Waals surface area contributed by atoms with Crippen molar-refractivity contribution in [3.05, 3.63) is 35.9 Å². The fourth-order valence-corrected chi connectivity index (χ4v) is 2.77. The molecule has 2 N–H and O–H groups in total. The van der Waals surface area contributed by atoms with Gasteiger partial charge in [-0.2, -0.15) is 0 Å². The van der Waals surface area contributed by atoms with Gasteiger partial charge in [0.05, 0.1) is 0 Å². The summed E-state index contributed by atoms with van der Waals surface area (Å²) in [5.74, 6) is 0.179. The minimum Gasteiger partial charge on any atom is -0.343 e. The molecule has 0 radical (unpaired) electrons. The Morgan fingerprint density at radius 3 is 2.45 bits per heavy atom. The topological polar surface area (TPSA) is 49.6 Å². The second-order valence-electron chi connectivity index (χ2n) is 5.80. The molecule has 0 spiro atoms. The lowest BCUT2D eigenvalue weighted by Crippen LogP contribution is -2.45. The van der Waals surface area contributed by atoms with Crippen molar-refractivity contribution in [2.24, 2.45) is 5.73 Å². The number of benzene rings is 1. The average Bonchev–Trinajstić information content (AvgIpc) is 2.48. The summed E-state index contributed by atoms with van der Waals surface area (Å²) in [6.07, 6.45) is 2.51. The number of carbonyl (C=O) groups excluding carboxylic acids is 1. The van der Waals surface area contributed by atoms with Crippen LogP contribution in [0.5, 0.6) is 0 Å². The molecule has 1 amide bonds. The fourth-order valence-electron chi connectivity index (χ4n) is 2.77. The zero-order valence-corrected chi connectivity index (χ0v) is 12.5. The summed E-state index contributed by atoms with van der Waals surface area (Å²) in [6.45, 7) is 1.70. The van der Waals surface area contributed by atoms with E-state index < -0.39 is 0 Å². The SMILES string of the molecule is CN(C)C1CCN(C(=O)CC(N)c2ccccc2)CC1. The Morgan fingerprint density at radius 2 is 1.90 bits per heavy atom. The zero-order valence-electron chi connectivity index (χ0n) is 12.5. The van der Waals surface area contributed by atoms with Gasteiger partial charge in [-0.1, -0.05) is 30.3 Å². The van der Waals surface area contributed by atoms with Crippen LogP contribution < -0.4 is 5.73 Å². The Balaban J connectivity index is 1.84. The van der Waals surface area contributed by atoms with Crippen molar-refractivity contribution in [3.8, 4) is 0 Å².